The number of aliphatic hydroxyl groups is 6. The van der Waals surface area contributed by atoms with Gasteiger partial charge in [-0.3, -0.25) is 9.59 Å². The standard InChI is InChI=1S/C20H20O8/c21-13-16(24)19(27,14(22)11-7-3-1-4-8-11)18(26)20(28,17(13)25)15(23)12-9-5-2-6-10-12/h1-10,13,16-18,21,24-28H/t13?,16-,17+,18?,19-,20-/m0/s1. The molecule has 8 heteroatoms. The summed E-state index contributed by atoms with van der Waals surface area (Å²) in [7, 11) is 0. The molecule has 2 aromatic rings. The number of hydrogen-bond donors (Lipinski definition) is 6. The minimum Gasteiger partial charge on any atom is -0.387 e. The van der Waals surface area contributed by atoms with Gasteiger partial charge in [-0.1, -0.05) is 60.7 Å². The Labute approximate surface area is 159 Å². The second-order valence-corrected chi connectivity index (χ2v) is 6.82. The lowest BCUT2D eigenvalue weighted by atomic mass is 9.63. The zero-order chi connectivity index (χ0) is 20.7. The van der Waals surface area contributed by atoms with Gasteiger partial charge < -0.3 is 30.6 Å². The summed E-state index contributed by atoms with van der Waals surface area (Å²) < 4.78 is 0. The van der Waals surface area contributed by atoms with E-state index < -0.39 is 47.2 Å². The smallest absolute Gasteiger partial charge is 0.199 e. The second-order valence-electron chi connectivity index (χ2n) is 6.82. The maximum atomic E-state index is 12.9. The average Bonchev–Trinajstić information content (AvgIpc) is 2.75. The maximum Gasteiger partial charge on any atom is 0.199 e. The van der Waals surface area contributed by atoms with Gasteiger partial charge in [-0.2, -0.15) is 0 Å². The molecule has 0 bridgehead atoms. The molecular weight excluding hydrogens is 368 g/mol. The summed E-state index contributed by atoms with van der Waals surface area (Å²) in [5.41, 5.74) is -6.58. The number of carbonyl (C=O) groups excluding carboxylic acids is 2. The molecule has 0 heterocycles. The fourth-order valence-electron chi connectivity index (χ4n) is 3.51. The number of hydrogen-bond acceptors (Lipinski definition) is 8. The Morgan fingerprint density at radius 1 is 0.643 bits per heavy atom. The molecule has 0 aromatic heterocycles. The molecule has 0 aliphatic heterocycles. The third kappa shape index (κ3) is 2.78. The van der Waals surface area contributed by atoms with Gasteiger partial charge in [0.15, 0.2) is 22.8 Å². The van der Waals surface area contributed by atoms with E-state index in [1.807, 2.05) is 0 Å². The number of rotatable bonds is 4. The lowest BCUT2D eigenvalue weighted by Gasteiger charge is -2.51. The minimum absolute atomic E-state index is 0.138. The first-order valence-corrected chi connectivity index (χ1v) is 8.53. The lowest BCUT2D eigenvalue weighted by molar-refractivity contribution is -0.271. The van der Waals surface area contributed by atoms with Crippen molar-refractivity contribution in [3.05, 3.63) is 71.8 Å². The molecule has 2 aromatic carbocycles. The van der Waals surface area contributed by atoms with E-state index in [0.29, 0.717) is 0 Å². The van der Waals surface area contributed by atoms with Crippen molar-refractivity contribution in [1.82, 2.24) is 0 Å². The van der Waals surface area contributed by atoms with Gasteiger partial charge in [0, 0.05) is 11.1 Å². The summed E-state index contributed by atoms with van der Waals surface area (Å²) in [6, 6.07) is 14.2. The summed E-state index contributed by atoms with van der Waals surface area (Å²) in [5.74, 6) is -2.45. The number of ketones is 2. The summed E-state index contributed by atoms with van der Waals surface area (Å²) >= 11 is 0. The molecule has 8 nitrogen and oxygen atoms in total. The van der Waals surface area contributed by atoms with Gasteiger partial charge in [0.25, 0.3) is 0 Å². The summed E-state index contributed by atoms with van der Waals surface area (Å²) in [4.78, 5) is 25.7. The molecule has 1 aliphatic rings. The highest BCUT2D eigenvalue weighted by atomic mass is 16.4. The van der Waals surface area contributed by atoms with Crippen LogP contribution in [0.4, 0.5) is 0 Å². The van der Waals surface area contributed by atoms with Crippen molar-refractivity contribution >= 4 is 11.6 Å². The highest BCUT2D eigenvalue weighted by Gasteiger charge is 2.70. The van der Waals surface area contributed by atoms with Crippen molar-refractivity contribution in [2.24, 2.45) is 0 Å². The molecule has 3 rings (SSSR count). The molecule has 0 radical (unpaired) electrons. The van der Waals surface area contributed by atoms with Crippen molar-refractivity contribution < 1.29 is 40.2 Å². The number of aliphatic hydroxyl groups excluding tert-OH is 4. The molecule has 0 saturated heterocycles. The van der Waals surface area contributed by atoms with Crippen LogP contribution in [0.25, 0.3) is 0 Å². The summed E-state index contributed by atoms with van der Waals surface area (Å²) in [6.07, 6.45) is -9.66. The number of carbonyl (C=O) groups is 2. The van der Waals surface area contributed by atoms with Crippen LogP contribution in [0.5, 0.6) is 0 Å². The zero-order valence-electron chi connectivity index (χ0n) is 14.6. The monoisotopic (exact) mass is 388 g/mol. The van der Waals surface area contributed by atoms with Crippen LogP contribution in [0.1, 0.15) is 20.7 Å². The van der Waals surface area contributed by atoms with E-state index in [1.54, 1.807) is 12.1 Å². The minimum atomic E-state index is -3.15. The van der Waals surface area contributed by atoms with E-state index in [1.165, 1.54) is 48.5 Å². The predicted octanol–water partition coefficient (Wildman–Crippen LogP) is -1.33. The van der Waals surface area contributed by atoms with Crippen molar-refractivity contribution in [2.75, 3.05) is 0 Å². The summed E-state index contributed by atoms with van der Waals surface area (Å²) in [5, 5.41) is 63.3. The first kappa shape index (κ1) is 20.3. The van der Waals surface area contributed by atoms with E-state index in [-0.39, 0.29) is 11.1 Å². The van der Waals surface area contributed by atoms with E-state index in [9.17, 15) is 40.2 Å². The third-order valence-electron chi connectivity index (χ3n) is 5.18. The van der Waals surface area contributed by atoms with Crippen LogP contribution >= 0.6 is 0 Å². The molecule has 1 fully saturated rings. The van der Waals surface area contributed by atoms with Crippen molar-refractivity contribution in [3.63, 3.8) is 0 Å². The van der Waals surface area contributed by atoms with Gasteiger partial charge in [0.05, 0.1) is 0 Å². The Hall–Kier alpha value is -2.46. The van der Waals surface area contributed by atoms with Gasteiger partial charge in [-0.15, -0.1) is 0 Å². The van der Waals surface area contributed by atoms with E-state index in [2.05, 4.69) is 0 Å². The predicted molar refractivity (Wildman–Crippen MR) is 95.5 cm³/mol. The van der Waals surface area contributed by atoms with Gasteiger partial charge in [0.1, 0.15) is 24.4 Å². The van der Waals surface area contributed by atoms with Crippen molar-refractivity contribution in [3.8, 4) is 0 Å². The zero-order valence-corrected chi connectivity index (χ0v) is 14.6. The van der Waals surface area contributed by atoms with Crippen LogP contribution in [0.15, 0.2) is 60.7 Å². The van der Waals surface area contributed by atoms with Crippen LogP contribution in [0.3, 0.4) is 0 Å². The number of benzene rings is 2. The SMILES string of the molecule is O=C(c1ccccc1)[C@@]1(O)C(O)[C@](O)(C(=O)c2ccccc2)[C@@H](O)C(O)[C@H]1O. The highest BCUT2D eigenvalue weighted by molar-refractivity contribution is 6.07. The first-order chi connectivity index (χ1) is 13.2. The molecular formula is C20H20O8. The molecule has 6 N–H and O–H groups in total. The normalized spacial score (nSPS) is 35.4. The first-order valence-electron chi connectivity index (χ1n) is 8.53. The second kappa shape index (κ2) is 7.17. The van der Waals surface area contributed by atoms with Gasteiger partial charge in [-0.05, 0) is 0 Å². The lowest BCUT2D eigenvalue weighted by Crippen LogP contribution is -2.80. The van der Waals surface area contributed by atoms with Crippen LogP contribution in [-0.4, -0.2) is 77.8 Å². The Balaban J connectivity index is 2.12. The quantitative estimate of drug-likeness (QED) is 0.352. The van der Waals surface area contributed by atoms with E-state index in [0.717, 1.165) is 0 Å². The van der Waals surface area contributed by atoms with Crippen molar-refractivity contribution in [2.45, 2.75) is 35.6 Å². The molecule has 148 valence electrons. The molecule has 2 unspecified atom stereocenters. The fourth-order valence-corrected chi connectivity index (χ4v) is 3.51. The van der Waals surface area contributed by atoms with E-state index in [4.69, 9.17) is 0 Å². The molecule has 1 aliphatic carbocycles. The van der Waals surface area contributed by atoms with Gasteiger partial charge in [0.2, 0.25) is 0 Å². The Morgan fingerprint density at radius 3 is 1.29 bits per heavy atom. The fraction of sp³-hybridized carbons (Fsp3) is 0.300. The molecule has 28 heavy (non-hydrogen) atoms. The number of Topliss-reactive ketones (excluding diaryl/α,β-unsaturated/α-hetero) is 2. The van der Waals surface area contributed by atoms with E-state index >= 15 is 0 Å². The van der Waals surface area contributed by atoms with Crippen LogP contribution in [0.2, 0.25) is 0 Å². The third-order valence-corrected chi connectivity index (χ3v) is 5.18. The largest absolute Gasteiger partial charge is 0.387 e. The Kier molecular flexibility index (Phi) is 5.20. The molecule has 0 amide bonds. The Bertz CT molecular complexity index is 799. The van der Waals surface area contributed by atoms with Crippen LogP contribution < -0.4 is 0 Å². The van der Waals surface area contributed by atoms with Gasteiger partial charge >= 0.3 is 0 Å². The van der Waals surface area contributed by atoms with Crippen LogP contribution in [0, 0.1) is 0 Å². The van der Waals surface area contributed by atoms with Crippen LogP contribution in [-0.2, 0) is 0 Å². The summed E-state index contributed by atoms with van der Waals surface area (Å²) in [6.45, 7) is 0. The highest BCUT2D eigenvalue weighted by Crippen LogP contribution is 2.40. The van der Waals surface area contributed by atoms with Gasteiger partial charge in [-0.25, -0.2) is 0 Å². The average molecular weight is 388 g/mol. The maximum absolute atomic E-state index is 12.9. The molecule has 1 saturated carbocycles. The topological polar surface area (TPSA) is 156 Å². The molecule has 0 spiro atoms. The Morgan fingerprint density at radius 2 is 0.964 bits per heavy atom. The van der Waals surface area contributed by atoms with Crippen molar-refractivity contribution in [1.29, 1.82) is 0 Å². The molecule has 6 atom stereocenters.